The molecular weight excluding hydrogens is 226 g/mol. The maximum atomic E-state index is 11.1. The summed E-state index contributed by atoms with van der Waals surface area (Å²) in [5.74, 6) is 0.130. The molecule has 0 aliphatic carbocycles. The third kappa shape index (κ3) is 4.62. The summed E-state index contributed by atoms with van der Waals surface area (Å²) in [6.45, 7) is 4.31. The molecule has 15 heavy (non-hydrogen) atoms. The van der Waals surface area contributed by atoms with Gasteiger partial charge in [-0.05, 0) is 24.3 Å². The molecule has 1 N–H and O–H groups in total. The van der Waals surface area contributed by atoms with E-state index in [-0.39, 0.29) is 11.7 Å². The number of nitrogens with one attached hydrogen (secondary N) is 1. The number of hydrogen-bond donors (Lipinski definition) is 2. The predicted molar refractivity (Wildman–Crippen MR) is 69.9 cm³/mol. The SMILES string of the molecule is CC(C)Sc1ccc(NC(=O)CS)cc1. The van der Waals surface area contributed by atoms with E-state index in [2.05, 4.69) is 31.8 Å². The Labute approximate surface area is 100 Å². The lowest BCUT2D eigenvalue weighted by molar-refractivity contribution is -0.113. The molecule has 0 radical (unpaired) electrons. The summed E-state index contributed by atoms with van der Waals surface area (Å²) >= 11 is 5.70. The number of benzene rings is 1. The van der Waals surface area contributed by atoms with E-state index >= 15 is 0 Å². The summed E-state index contributed by atoms with van der Waals surface area (Å²) < 4.78 is 0. The molecule has 0 saturated carbocycles. The smallest absolute Gasteiger partial charge is 0.234 e. The van der Waals surface area contributed by atoms with Crippen molar-refractivity contribution in [2.45, 2.75) is 24.0 Å². The van der Waals surface area contributed by atoms with Crippen molar-refractivity contribution >= 4 is 36.0 Å². The molecule has 0 spiro atoms. The molecule has 0 unspecified atom stereocenters. The number of carbonyl (C=O) groups is 1. The molecular formula is C11H15NOS2. The second-order valence-electron chi connectivity index (χ2n) is 3.40. The van der Waals surface area contributed by atoms with E-state index in [4.69, 9.17) is 0 Å². The normalized spacial score (nSPS) is 10.4. The number of anilines is 1. The van der Waals surface area contributed by atoms with Gasteiger partial charge in [0.1, 0.15) is 0 Å². The van der Waals surface area contributed by atoms with E-state index in [9.17, 15) is 4.79 Å². The zero-order valence-electron chi connectivity index (χ0n) is 8.86. The first kappa shape index (κ1) is 12.5. The molecule has 0 fully saturated rings. The van der Waals surface area contributed by atoms with Crippen molar-refractivity contribution in [3.05, 3.63) is 24.3 Å². The summed E-state index contributed by atoms with van der Waals surface area (Å²) in [6, 6.07) is 7.84. The minimum atomic E-state index is -0.0809. The van der Waals surface area contributed by atoms with Gasteiger partial charge in [0.25, 0.3) is 0 Å². The average molecular weight is 241 g/mol. The maximum absolute atomic E-state index is 11.1. The van der Waals surface area contributed by atoms with Gasteiger partial charge in [0.2, 0.25) is 5.91 Å². The highest BCUT2D eigenvalue weighted by Crippen LogP contribution is 2.24. The largest absolute Gasteiger partial charge is 0.325 e. The van der Waals surface area contributed by atoms with Gasteiger partial charge in [-0.1, -0.05) is 13.8 Å². The number of amides is 1. The number of rotatable bonds is 4. The highest BCUT2D eigenvalue weighted by molar-refractivity contribution is 7.99. The van der Waals surface area contributed by atoms with Crippen LogP contribution in [0.3, 0.4) is 0 Å². The van der Waals surface area contributed by atoms with Crippen molar-refractivity contribution < 1.29 is 4.79 Å². The molecule has 0 aromatic heterocycles. The molecule has 82 valence electrons. The van der Waals surface area contributed by atoms with Crippen molar-refractivity contribution in [3.8, 4) is 0 Å². The lowest BCUT2D eigenvalue weighted by Gasteiger charge is -2.06. The first-order chi connectivity index (χ1) is 7.11. The summed E-state index contributed by atoms with van der Waals surface area (Å²) in [7, 11) is 0. The average Bonchev–Trinajstić information content (AvgIpc) is 2.20. The van der Waals surface area contributed by atoms with Crippen LogP contribution in [0.1, 0.15) is 13.8 Å². The summed E-state index contributed by atoms with van der Waals surface area (Å²) in [6.07, 6.45) is 0. The van der Waals surface area contributed by atoms with E-state index < -0.39 is 0 Å². The molecule has 1 amide bonds. The van der Waals surface area contributed by atoms with E-state index in [1.807, 2.05) is 24.3 Å². The first-order valence-electron chi connectivity index (χ1n) is 4.79. The van der Waals surface area contributed by atoms with Gasteiger partial charge in [-0.15, -0.1) is 11.8 Å². The minimum absolute atomic E-state index is 0.0809. The fourth-order valence-corrected chi connectivity index (χ4v) is 2.01. The van der Waals surface area contributed by atoms with Gasteiger partial charge in [-0.2, -0.15) is 12.6 Å². The minimum Gasteiger partial charge on any atom is -0.325 e. The zero-order chi connectivity index (χ0) is 11.3. The van der Waals surface area contributed by atoms with Gasteiger partial charge < -0.3 is 5.32 Å². The Kier molecular flexibility index (Phi) is 5.05. The van der Waals surface area contributed by atoms with Crippen LogP contribution < -0.4 is 5.32 Å². The van der Waals surface area contributed by atoms with Crippen LogP contribution >= 0.6 is 24.4 Å². The zero-order valence-corrected chi connectivity index (χ0v) is 10.6. The topological polar surface area (TPSA) is 29.1 Å². The van der Waals surface area contributed by atoms with Crippen molar-refractivity contribution in [1.82, 2.24) is 0 Å². The van der Waals surface area contributed by atoms with Gasteiger partial charge in [0.05, 0.1) is 5.75 Å². The van der Waals surface area contributed by atoms with Crippen molar-refractivity contribution in [3.63, 3.8) is 0 Å². The van der Waals surface area contributed by atoms with Crippen molar-refractivity contribution in [2.24, 2.45) is 0 Å². The molecule has 0 aliphatic heterocycles. The van der Waals surface area contributed by atoms with Crippen LogP contribution in [0.15, 0.2) is 29.2 Å². The van der Waals surface area contributed by atoms with Gasteiger partial charge in [0, 0.05) is 15.8 Å². The van der Waals surface area contributed by atoms with E-state index in [1.165, 1.54) is 4.90 Å². The van der Waals surface area contributed by atoms with Gasteiger partial charge >= 0.3 is 0 Å². The first-order valence-corrected chi connectivity index (χ1v) is 6.30. The molecule has 1 aromatic carbocycles. The Bertz CT molecular complexity index is 322. The van der Waals surface area contributed by atoms with Gasteiger partial charge in [0.15, 0.2) is 0 Å². The Morgan fingerprint density at radius 3 is 2.47 bits per heavy atom. The van der Waals surface area contributed by atoms with Crippen LogP contribution in [0, 0.1) is 0 Å². The summed E-state index contributed by atoms with van der Waals surface area (Å²) in [4.78, 5) is 12.3. The van der Waals surface area contributed by atoms with Crippen molar-refractivity contribution in [1.29, 1.82) is 0 Å². The van der Waals surface area contributed by atoms with Crippen LogP contribution in [0.5, 0.6) is 0 Å². The monoisotopic (exact) mass is 241 g/mol. The fraction of sp³-hybridized carbons (Fsp3) is 0.364. The van der Waals surface area contributed by atoms with Crippen LogP contribution in [-0.4, -0.2) is 16.9 Å². The molecule has 0 atom stereocenters. The van der Waals surface area contributed by atoms with Crippen LogP contribution in [0.4, 0.5) is 5.69 Å². The van der Waals surface area contributed by atoms with Crippen LogP contribution in [0.25, 0.3) is 0 Å². The fourth-order valence-electron chi connectivity index (χ4n) is 1.09. The molecule has 2 nitrogen and oxygen atoms in total. The standard InChI is InChI=1S/C11H15NOS2/c1-8(2)15-10-5-3-9(4-6-10)12-11(13)7-14/h3-6,8,14H,7H2,1-2H3,(H,12,13). The van der Waals surface area contributed by atoms with Crippen molar-refractivity contribution in [2.75, 3.05) is 11.1 Å². The second kappa shape index (κ2) is 6.08. The third-order valence-electron chi connectivity index (χ3n) is 1.65. The molecule has 0 aliphatic rings. The number of thiol groups is 1. The van der Waals surface area contributed by atoms with Gasteiger partial charge in [-0.25, -0.2) is 0 Å². The summed E-state index contributed by atoms with van der Waals surface area (Å²) in [5.41, 5.74) is 0.821. The van der Waals surface area contributed by atoms with Gasteiger partial charge in [-0.3, -0.25) is 4.79 Å². The van der Waals surface area contributed by atoms with Crippen LogP contribution in [0.2, 0.25) is 0 Å². The molecule has 1 rings (SSSR count). The van der Waals surface area contributed by atoms with Crippen LogP contribution in [-0.2, 0) is 4.79 Å². The highest BCUT2D eigenvalue weighted by Gasteiger charge is 2.00. The predicted octanol–water partition coefficient (Wildman–Crippen LogP) is 3.06. The Morgan fingerprint density at radius 2 is 2.00 bits per heavy atom. The van der Waals surface area contributed by atoms with E-state index in [0.717, 1.165) is 5.69 Å². The molecule has 4 heteroatoms. The maximum Gasteiger partial charge on any atom is 0.234 e. The molecule has 1 aromatic rings. The third-order valence-corrected chi connectivity index (χ3v) is 2.96. The Morgan fingerprint density at radius 1 is 1.40 bits per heavy atom. The number of carbonyl (C=O) groups excluding carboxylic acids is 1. The lowest BCUT2D eigenvalue weighted by atomic mass is 10.3. The van der Waals surface area contributed by atoms with E-state index in [0.29, 0.717) is 5.25 Å². The highest BCUT2D eigenvalue weighted by atomic mass is 32.2. The molecule has 0 bridgehead atoms. The molecule has 0 saturated heterocycles. The number of hydrogen-bond acceptors (Lipinski definition) is 3. The summed E-state index contributed by atoms with van der Waals surface area (Å²) in [5, 5.41) is 3.32. The lowest BCUT2D eigenvalue weighted by Crippen LogP contribution is -2.12. The Balaban J connectivity index is 2.60. The quantitative estimate of drug-likeness (QED) is 0.626. The second-order valence-corrected chi connectivity index (χ2v) is 5.36. The van der Waals surface area contributed by atoms with E-state index in [1.54, 1.807) is 11.8 Å². The Hall–Kier alpha value is -0.610. The number of thioether (sulfide) groups is 1. The molecule has 0 heterocycles.